The van der Waals surface area contributed by atoms with Gasteiger partial charge in [-0.3, -0.25) is 0 Å². The van der Waals surface area contributed by atoms with Crippen molar-refractivity contribution < 1.29 is 9.47 Å². The summed E-state index contributed by atoms with van der Waals surface area (Å²) >= 11 is 0. The molecule has 0 aromatic rings. The smallest absolute Gasteiger partial charge is 0.0778 e. The fourth-order valence-electron chi connectivity index (χ4n) is 2.03. The Kier molecular flexibility index (Phi) is 6.32. The van der Waals surface area contributed by atoms with E-state index in [0.29, 0.717) is 18.2 Å². The second-order valence-electron chi connectivity index (χ2n) is 4.80. The SMILES string of the molecule is CCNC(COC(C)C)C(OCC)C1CC1. The summed E-state index contributed by atoms with van der Waals surface area (Å²) in [5.41, 5.74) is 0. The molecular weight excluding hydrogens is 202 g/mol. The summed E-state index contributed by atoms with van der Waals surface area (Å²) < 4.78 is 11.6. The number of rotatable bonds is 9. The molecule has 0 spiro atoms. The highest BCUT2D eigenvalue weighted by Gasteiger charge is 2.37. The third-order valence-electron chi connectivity index (χ3n) is 2.92. The molecule has 1 N–H and O–H groups in total. The van der Waals surface area contributed by atoms with Crippen LogP contribution in [0.5, 0.6) is 0 Å². The molecule has 96 valence electrons. The van der Waals surface area contributed by atoms with Gasteiger partial charge in [0.1, 0.15) is 0 Å². The van der Waals surface area contributed by atoms with Gasteiger partial charge in [-0.2, -0.15) is 0 Å². The minimum atomic E-state index is 0.294. The molecule has 0 aliphatic heterocycles. The van der Waals surface area contributed by atoms with Crippen LogP contribution in [-0.2, 0) is 9.47 Å². The Morgan fingerprint density at radius 3 is 2.31 bits per heavy atom. The molecule has 16 heavy (non-hydrogen) atoms. The summed E-state index contributed by atoms with van der Waals surface area (Å²) in [6.07, 6.45) is 3.26. The van der Waals surface area contributed by atoms with Gasteiger partial charge in [0.05, 0.1) is 24.9 Å². The van der Waals surface area contributed by atoms with E-state index >= 15 is 0 Å². The van der Waals surface area contributed by atoms with Crippen molar-refractivity contribution in [2.24, 2.45) is 5.92 Å². The van der Waals surface area contributed by atoms with Crippen LogP contribution < -0.4 is 5.32 Å². The predicted octanol–water partition coefficient (Wildman–Crippen LogP) is 2.20. The van der Waals surface area contributed by atoms with E-state index in [2.05, 4.69) is 33.0 Å². The van der Waals surface area contributed by atoms with Gasteiger partial charge in [-0.1, -0.05) is 6.92 Å². The Balaban J connectivity index is 2.43. The van der Waals surface area contributed by atoms with Crippen LogP contribution in [0.1, 0.15) is 40.5 Å². The van der Waals surface area contributed by atoms with E-state index in [1.54, 1.807) is 0 Å². The first-order valence-corrected chi connectivity index (χ1v) is 6.65. The van der Waals surface area contributed by atoms with Crippen molar-refractivity contribution in [2.45, 2.75) is 58.8 Å². The van der Waals surface area contributed by atoms with E-state index in [1.165, 1.54) is 12.8 Å². The molecule has 0 bridgehead atoms. The first kappa shape index (κ1) is 13.9. The van der Waals surface area contributed by atoms with Crippen molar-refractivity contribution in [3.8, 4) is 0 Å². The lowest BCUT2D eigenvalue weighted by molar-refractivity contribution is -0.0229. The number of nitrogens with one attached hydrogen (secondary N) is 1. The zero-order chi connectivity index (χ0) is 12.0. The van der Waals surface area contributed by atoms with Gasteiger partial charge < -0.3 is 14.8 Å². The molecule has 0 saturated heterocycles. The summed E-state index contributed by atoms with van der Waals surface area (Å²) in [7, 11) is 0. The zero-order valence-electron chi connectivity index (χ0n) is 11.2. The Hall–Kier alpha value is -0.120. The van der Waals surface area contributed by atoms with Crippen molar-refractivity contribution in [3.63, 3.8) is 0 Å². The molecule has 1 saturated carbocycles. The van der Waals surface area contributed by atoms with Crippen molar-refractivity contribution in [1.29, 1.82) is 0 Å². The average molecular weight is 229 g/mol. The Bertz CT molecular complexity index is 181. The molecule has 1 rings (SSSR count). The van der Waals surface area contributed by atoms with Crippen LogP contribution in [0, 0.1) is 5.92 Å². The first-order valence-electron chi connectivity index (χ1n) is 6.65. The second kappa shape index (κ2) is 7.25. The molecule has 1 fully saturated rings. The van der Waals surface area contributed by atoms with Gasteiger partial charge in [0.2, 0.25) is 0 Å². The van der Waals surface area contributed by atoms with Gasteiger partial charge in [-0.25, -0.2) is 0 Å². The lowest BCUT2D eigenvalue weighted by Crippen LogP contribution is -2.46. The molecule has 2 unspecified atom stereocenters. The van der Waals surface area contributed by atoms with E-state index in [4.69, 9.17) is 9.47 Å². The van der Waals surface area contributed by atoms with Crippen LogP contribution in [0.2, 0.25) is 0 Å². The van der Waals surface area contributed by atoms with Crippen LogP contribution in [-0.4, -0.2) is 38.0 Å². The van der Waals surface area contributed by atoms with Crippen LogP contribution in [0.3, 0.4) is 0 Å². The van der Waals surface area contributed by atoms with E-state index in [-0.39, 0.29) is 0 Å². The van der Waals surface area contributed by atoms with E-state index in [0.717, 1.165) is 25.7 Å². The molecule has 0 aromatic heterocycles. The Labute approximate surface area is 99.9 Å². The molecular formula is C13H27NO2. The fraction of sp³-hybridized carbons (Fsp3) is 1.00. The number of hydrogen-bond donors (Lipinski definition) is 1. The lowest BCUT2D eigenvalue weighted by atomic mass is 10.1. The minimum Gasteiger partial charge on any atom is -0.377 e. The minimum absolute atomic E-state index is 0.294. The summed E-state index contributed by atoms with van der Waals surface area (Å²) in [6.45, 7) is 10.9. The molecule has 3 heteroatoms. The van der Waals surface area contributed by atoms with Gasteiger partial charge in [0.15, 0.2) is 0 Å². The highest BCUT2D eigenvalue weighted by atomic mass is 16.5. The summed E-state index contributed by atoms with van der Waals surface area (Å²) in [5.74, 6) is 0.750. The largest absolute Gasteiger partial charge is 0.377 e. The fourth-order valence-corrected chi connectivity index (χ4v) is 2.03. The molecule has 0 amide bonds. The number of hydrogen-bond acceptors (Lipinski definition) is 3. The van der Waals surface area contributed by atoms with Crippen LogP contribution in [0.15, 0.2) is 0 Å². The molecule has 0 heterocycles. The van der Waals surface area contributed by atoms with Gasteiger partial charge >= 0.3 is 0 Å². The van der Waals surface area contributed by atoms with Crippen molar-refractivity contribution in [3.05, 3.63) is 0 Å². The summed E-state index contributed by atoms with van der Waals surface area (Å²) in [5, 5.41) is 3.49. The van der Waals surface area contributed by atoms with Crippen molar-refractivity contribution in [2.75, 3.05) is 19.8 Å². The van der Waals surface area contributed by atoms with E-state index < -0.39 is 0 Å². The molecule has 0 aromatic carbocycles. The maximum absolute atomic E-state index is 5.87. The molecule has 1 aliphatic carbocycles. The van der Waals surface area contributed by atoms with Crippen LogP contribution >= 0.6 is 0 Å². The van der Waals surface area contributed by atoms with Crippen LogP contribution in [0.4, 0.5) is 0 Å². The maximum atomic E-state index is 5.87. The number of likely N-dealkylation sites (N-methyl/N-ethyl adjacent to an activating group) is 1. The van der Waals surface area contributed by atoms with Crippen LogP contribution in [0.25, 0.3) is 0 Å². The average Bonchev–Trinajstić information content (AvgIpc) is 3.05. The van der Waals surface area contributed by atoms with Gasteiger partial charge in [0, 0.05) is 6.61 Å². The normalized spacial score (nSPS) is 20.1. The quantitative estimate of drug-likeness (QED) is 0.657. The lowest BCUT2D eigenvalue weighted by Gasteiger charge is -2.28. The maximum Gasteiger partial charge on any atom is 0.0778 e. The van der Waals surface area contributed by atoms with Gasteiger partial charge in [-0.05, 0) is 46.1 Å². The van der Waals surface area contributed by atoms with E-state index in [9.17, 15) is 0 Å². The molecule has 1 aliphatic rings. The molecule has 3 nitrogen and oxygen atoms in total. The van der Waals surface area contributed by atoms with E-state index in [1.807, 2.05) is 0 Å². The summed E-state index contributed by atoms with van der Waals surface area (Å²) in [4.78, 5) is 0. The predicted molar refractivity (Wildman–Crippen MR) is 66.7 cm³/mol. The number of ether oxygens (including phenoxy) is 2. The monoisotopic (exact) mass is 229 g/mol. The zero-order valence-corrected chi connectivity index (χ0v) is 11.2. The highest BCUT2D eigenvalue weighted by molar-refractivity contribution is 4.90. The third kappa shape index (κ3) is 4.81. The van der Waals surface area contributed by atoms with Gasteiger partial charge in [0.25, 0.3) is 0 Å². The topological polar surface area (TPSA) is 30.5 Å². The molecule has 0 radical (unpaired) electrons. The standard InChI is InChI=1S/C13H27NO2/c1-5-14-12(9-16-10(3)4)13(15-6-2)11-7-8-11/h10-14H,5-9H2,1-4H3. The Morgan fingerprint density at radius 1 is 1.19 bits per heavy atom. The Morgan fingerprint density at radius 2 is 1.88 bits per heavy atom. The highest BCUT2D eigenvalue weighted by Crippen LogP contribution is 2.36. The molecule has 2 atom stereocenters. The van der Waals surface area contributed by atoms with Crippen molar-refractivity contribution >= 4 is 0 Å². The first-order chi connectivity index (χ1) is 7.69. The summed E-state index contributed by atoms with van der Waals surface area (Å²) in [6, 6.07) is 0.347. The second-order valence-corrected chi connectivity index (χ2v) is 4.80. The van der Waals surface area contributed by atoms with Gasteiger partial charge in [-0.15, -0.1) is 0 Å². The third-order valence-corrected chi connectivity index (χ3v) is 2.92. The van der Waals surface area contributed by atoms with Crippen molar-refractivity contribution in [1.82, 2.24) is 5.32 Å².